The molecule has 0 fully saturated rings. The Hall–Kier alpha value is -2.62. The zero-order chi connectivity index (χ0) is 19.8. The van der Waals surface area contributed by atoms with E-state index in [1.54, 1.807) is 0 Å². The van der Waals surface area contributed by atoms with Crippen LogP contribution >= 0.6 is 0 Å². The Kier molecular flexibility index (Phi) is 3.41. The standard InChI is InChI=1S/C24H28N3O/c1-15-8-9-16-18-19-17(23(2,3)10-11-24(19,4)5)14-25-22(18)28-21(16)20(15)27-13-7-12-26(27)6/h7-9,12-14H,10-11H2,1-6H3/q+1. The van der Waals surface area contributed by atoms with Gasteiger partial charge in [-0.05, 0) is 53.4 Å². The molecule has 1 aliphatic carbocycles. The van der Waals surface area contributed by atoms with Crippen LogP contribution in [0.4, 0.5) is 0 Å². The first-order valence-electron chi connectivity index (χ1n) is 10.1. The molecule has 0 saturated carbocycles. The Morgan fingerprint density at radius 3 is 2.57 bits per heavy atom. The largest absolute Gasteiger partial charge is 0.435 e. The van der Waals surface area contributed by atoms with Gasteiger partial charge in [-0.15, -0.1) is 9.36 Å². The van der Waals surface area contributed by atoms with Gasteiger partial charge in [0.1, 0.15) is 0 Å². The number of aryl methyl sites for hydroxylation is 2. The number of hydrogen-bond acceptors (Lipinski definition) is 2. The maximum absolute atomic E-state index is 6.43. The Balaban J connectivity index is 1.95. The van der Waals surface area contributed by atoms with E-state index in [1.165, 1.54) is 40.3 Å². The van der Waals surface area contributed by atoms with Crippen molar-refractivity contribution in [3.05, 3.63) is 53.5 Å². The van der Waals surface area contributed by atoms with Crippen LogP contribution in [0.15, 0.2) is 41.2 Å². The molecule has 4 heteroatoms. The van der Waals surface area contributed by atoms with Gasteiger partial charge in [0.2, 0.25) is 5.71 Å². The van der Waals surface area contributed by atoms with Gasteiger partial charge in [0.05, 0.1) is 11.6 Å². The zero-order valence-electron chi connectivity index (χ0n) is 17.6. The summed E-state index contributed by atoms with van der Waals surface area (Å²) in [6.45, 7) is 11.5. The number of rotatable bonds is 1. The van der Waals surface area contributed by atoms with Gasteiger partial charge in [-0.2, -0.15) is 0 Å². The highest BCUT2D eigenvalue weighted by Crippen LogP contribution is 2.50. The molecule has 1 aromatic carbocycles. The van der Waals surface area contributed by atoms with E-state index >= 15 is 0 Å². The van der Waals surface area contributed by atoms with Crippen molar-refractivity contribution in [3.8, 4) is 5.69 Å². The third-order valence-electron chi connectivity index (χ3n) is 6.72. The third kappa shape index (κ3) is 2.24. The molecule has 0 spiro atoms. The summed E-state index contributed by atoms with van der Waals surface area (Å²) < 4.78 is 10.6. The molecular formula is C24H28N3O+. The van der Waals surface area contributed by atoms with Crippen molar-refractivity contribution >= 4 is 22.1 Å². The van der Waals surface area contributed by atoms with Crippen molar-refractivity contribution in [3.63, 3.8) is 0 Å². The molecule has 28 heavy (non-hydrogen) atoms. The first-order valence-corrected chi connectivity index (χ1v) is 10.1. The summed E-state index contributed by atoms with van der Waals surface area (Å²) >= 11 is 0. The van der Waals surface area contributed by atoms with Crippen molar-refractivity contribution < 1.29 is 9.10 Å². The highest BCUT2D eigenvalue weighted by Gasteiger charge is 2.40. The quantitative estimate of drug-likeness (QED) is 0.426. The molecule has 0 aliphatic heterocycles. The van der Waals surface area contributed by atoms with E-state index in [-0.39, 0.29) is 10.8 Å². The van der Waals surface area contributed by atoms with E-state index < -0.39 is 0 Å². The second-order valence-electron chi connectivity index (χ2n) is 9.61. The summed E-state index contributed by atoms with van der Waals surface area (Å²) in [4.78, 5) is 4.78. The Morgan fingerprint density at radius 2 is 1.86 bits per heavy atom. The van der Waals surface area contributed by atoms with Crippen molar-refractivity contribution in [1.82, 2.24) is 9.67 Å². The fourth-order valence-corrected chi connectivity index (χ4v) is 4.93. The highest BCUT2D eigenvalue weighted by atomic mass is 16.3. The van der Waals surface area contributed by atoms with Crippen LogP contribution < -0.4 is 4.68 Å². The molecule has 0 N–H and O–H groups in total. The van der Waals surface area contributed by atoms with E-state index in [1.807, 2.05) is 19.3 Å². The van der Waals surface area contributed by atoms with Gasteiger partial charge in [0.15, 0.2) is 24.5 Å². The van der Waals surface area contributed by atoms with Gasteiger partial charge >= 0.3 is 0 Å². The lowest BCUT2D eigenvalue weighted by Crippen LogP contribution is -2.37. The molecule has 0 unspecified atom stereocenters. The van der Waals surface area contributed by atoms with Crippen molar-refractivity contribution in [2.24, 2.45) is 7.05 Å². The molecule has 0 atom stereocenters. The van der Waals surface area contributed by atoms with E-state index in [0.29, 0.717) is 0 Å². The van der Waals surface area contributed by atoms with Crippen molar-refractivity contribution in [1.29, 1.82) is 0 Å². The fourth-order valence-electron chi connectivity index (χ4n) is 4.93. The average Bonchev–Trinajstić information content (AvgIpc) is 3.21. The number of benzene rings is 1. The predicted octanol–water partition coefficient (Wildman–Crippen LogP) is 5.25. The Labute approximate surface area is 165 Å². The van der Waals surface area contributed by atoms with Crippen LogP contribution in [0.3, 0.4) is 0 Å². The van der Waals surface area contributed by atoms with Crippen LogP contribution in [0.5, 0.6) is 0 Å². The molecule has 5 rings (SSSR count). The lowest BCUT2D eigenvalue weighted by Gasteiger charge is -2.41. The topological polar surface area (TPSA) is 34.8 Å². The van der Waals surface area contributed by atoms with Gasteiger partial charge in [0, 0.05) is 17.6 Å². The SMILES string of the molecule is Cc1ccc2c(oc3ncc4c(c32)C(C)(C)CCC4(C)C)c1-n1ccc[n+]1C. The van der Waals surface area contributed by atoms with Gasteiger partial charge in [-0.25, -0.2) is 4.98 Å². The average molecular weight is 375 g/mol. The van der Waals surface area contributed by atoms with Crippen LogP contribution in [-0.4, -0.2) is 9.67 Å². The maximum atomic E-state index is 6.43. The number of nitrogens with zero attached hydrogens (tertiary/aromatic N) is 3. The summed E-state index contributed by atoms with van der Waals surface area (Å²) in [5.74, 6) is 0. The first-order chi connectivity index (χ1) is 13.2. The first kappa shape index (κ1) is 17.5. The second-order valence-corrected chi connectivity index (χ2v) is 9.61. The summed E-state index contributed by atoms with van der Waals surface area (Å²) in [7, 11) is 2.05. The maximum Gasteiger partial charge on any atom is 0.227 e. The van der Waals surface area contributed by atoms with Crippen LogP contribution in [0.2, 0.25) is 0 Å². The number of furan rings is 1. The number of hydrogen-bond donors (Lipinski definition) is 0. The van der Waals surface area contributed by atoms with Gasteiger partial charge < -0.3 is 4.42 Å². The van der Waals surface area contributed by atoms with Crippen LogP contribution in [0.1, 0.15) is 57.2 Å². The summed E-state index contributed by atoms with van der Waals surface area (Å²) in [5.41, 5.74) is 6.97. The highest BCUT2D eigenvalue weighted by molar-refractivity contribution is 6.09. The van der Waals surface area contributed by atoms with Crippen molar-refractivity contribution in [2.75, 3.05) is 0 Å². The lowest BCUT2D eigenvalue weighted by atomic mass is 9.63. The molecule has 1 aliphatic rings. The molecule has 3 aromatic heterocycles. The molecule has 4 aromatic rings. The fraction of sp³-hybridized carbons (Fsp3) is 0.417. The van der Waals surface area contributed by atoms with Crippen LogP contribution in [-0.2, 0) is 17.9 Å². The lowest BCUT2D eigenvalue weighted by molar-refractivity contribution is -0.744. The third-order valence-corrected chi connectivity index (χ3v) is 6.72. The van der Waals surface area contributed by atoms with E-state index in [9.17, 15) is 0 Å². The summed E-state index contributed by atoms with van der Waals surface area (Å²) in [5, 5.41) is 2.36. The molecule has 0 bridgehead atoms. The minimum Gasteiger partial charge on any atom is -0.435 e. The van der Waals surface area contributed by atoms with Crippen LogP contribution in [0, 0.1) is 6.92 Å². The normalized spacial score (nSPS) is 17.9. The molecular weight excluding hydrogens is 346 g/mol. The Morgan fingerprint density at radius 1 is 1.11 bits per heavy atom. The zero-order valence-corrected chi connectivity index (χ0v) is 17.6. The minimum absolute atomic E-state index is 0.103. The van der Waals surface area contributed by atoms with Gasteiger partial charge in [-0.1, -0.05) is 33.8 Å². The molecule has 144 valence electrons. The predicted molar refractivity (Wildman–Crippen MR) is 112 cm³/mol. The van der Waals surface area contributed by atoms with E-state index in [2.05, 4.69) is 68.5 Å². The molecule has 3 heterocycles. The van der Waals surface area contributed by atoms with E-state index in [0.717, 1.165) is 17.0 Å². The van der Waals surface area contributed by atoms with Gasteiger partial charge in [-0.3, -0.25) is 0 Å². The molecule has 0 radical (unpaired) electrons. The number of aromatic nitrogens is 3. The van der Waals surface area contributed by atoms with E-state index in [4.69, 9.17) is 9.40 Å². The summed E-state index contributed by atoms with van der Waals surface area (Å²) in [6.07, 6.45) is 8.53. The van der Waals surface area contributed by atoms with Gasteiger partial charge in [0.25, 0.3) is 0 Å². The summed E-state index contributed by atoms with van der Waals surface area (Å²) in [6, 6.07) is 6.46. The molecule has 0 saturated heterocycles. The smallest absolute Gasteiger partial charge is 0.227 e. The molecule has 0 amide bonds. The molecule has 4 nitrogen and oxygen atoms in total. The second kappa shape index (κ2) is 5.47. The number of fused-ring (bicyclic) bond motifs is 5. The van der Waals surface area contributed by atoms with Crippen LogP contribution in [0.25, 0.3) is 27.8 Å². The Bertz CT molecular complexity index is 1240. The minimum atomic E-state index is 0.103. The van der Waals surface area contributed by atoms with Crippen molar-refractivity contribution in [2.45, 2.75) is 58.3 Å². The monoisotopic (exact) mass is 374 g/mol. The number of pyridine rings is 1.